The van der Waals surface area contributed by atoms with Crippen molar-refractivity contribution < 1.29 is 0 Å². The molecular formula is C15H25N3. The van der Waals surface area contributed by atoms with Crippen molar-refractivity contribution in [3.8, 4) is 0 Å². The maximum atomic E-state index is 5.59. The second-order valence-electron chi connectivity index (χ2n) is 5.71. The molecule has 0 saturated heterocycles. The Morgan fingerprint density at radius 1 is 1.44 bits per heavy atom. The Morgan fingerprint density at radius 3 is 2.67 bits per heavy atom. The number of aryl methyl sites for hydroxylation is 1. The van der Waals surface area contributed by atoms with Gasteiger partial charge in [0.2, 0.25) is 0 Å². The van der Waals surface area contributed by atoms with Gasteiger partial charge in [0.05, 0.1) is 0 Å². The van der Waals surface area contributed by atoms with Gasteiger partial charge in [0.15, 0.2) is 0 Å². The molecule has 1 aliphatic carbocycles. The lowest BCUT2D eigenvalue weighted by atomic mass is 10.1. The monoisotopic (exact) mass is 247 g/mol. The molecule has 0 amide bonds. The molecule has 3 heteroatoms. The molecule has 1 saturated carbocycles. The molecule has 0 bridgehead atoms. The third-order valence-corrected chi connectivity index (χ3v) is 3.59. The van der Waals surface area contributed by atoms with Gasteiger partial charge in [0.25, 0.3) is 0 Å². The van der Waals surface area contributed by atoms with Crippen molar-refractivity contribution >= 4 is 5.82 Å². The van der Waals surface area contributed by atoms with Gasteiger partial charge in [-0.25, -0.2) is 4.98 Å². The maximum Gasteiger partial charge on any atom is 0.131 e. The molecule has 2 rings (SSSR count). The fourth-order valence-electron chi connectivity index (χ4n) is 2.35. The van der Waals surface area contributed by atoms with Gasteiger partial charge < -0.3 is 10.6 Å². The van der Waals surface area contributed by atoms with Gasteiger partial charge in [-0.3, -0.25) is 0 Å². The number of nitrogens with two attached hydrogens (primary N) is 1. The molecule has 0 spiro atoms. The number of anilines is 1. The molecule has 100 valence electrons. The summed E-state index contributed by atoms with van der Waals surface area (Å²) in [4.78, 5) is 7.11. The molecule has 0 atom stereocenters. The predicted octanol–water partition coefficient (Wildman–Crippen LogP) is 2.52. The Labute approximate surface area is 110 Å². The van der Waals surface area contributed by atoms with E-state index in [0.717, 1.165) is 24.7 Å². The highest BCUT2D eigenvalue weighted by molar-refractivity contribution is 5.48. The maximum absolute atomic E-state index is 5.59. The van der Waals surface area contributed by atoms with Crippen LogP contribution in [0.5, 0.6) is 0 Å². The average Bonchev–Trinajstić information content (AvgIpc) is 3.11. The molecule has 0 unspecified atom stereocenters. The topological polar surface area (TPSA) is 42.1 Å². The first-order chi connectivity index (χ1) is 8.61. The minimum atomic E-state index is 0.511. The first-order valence-electron chi connectivity index (χ1n) is 7.04. The lowest BCUT2D eigenvalue weighted by Crippen LogP contribution is -2.34. The van der Waals surface area contributed by atoms with Gasteiger partial charge >= 0.3 is 0 Å². The van der Waals surface area contributed by atoms with Crippen LogP contribution in [-0.2, 0) is 6.42 Å². The number of rotatable bonds is 6. The summed E-state index contributed by atoms with van der Waals surface area (Å²) in [5.41, 5.74) is 8.11. The van der Waals surface area contributed by atoms with Crippen LogP contribution in [0.1, 0.15) is 37.8 Å². The van der Waals surface area contributed by atoms with Crippen LogP contribution in [0.25, 0.3) is 0 Å². The molecule has 2 N–H and O–H groups in total. The van der Waals surface area contributed by atoms with Gasteiger partial charge in [0.1, 0.15) is 5.82 Å². The quantitative estimate of drug-likeness (QED) is 0.840. The van der Waals surface area contributed by atoms with Crippen LogP contribution in [0.15, 0.2) is 12.3 Å². The molecule has 1 aromatic rings. The van der Waals surface area contributed by atoms with E-state index in [2.05, 4.69) is 36.7 Å². The van der Waals surface area contributed by atoms with Gasteiger partial charge in [0, 0.05) is 18.8 Å². The molecule has 1 aliphatic rings. The van der Waals surface area contributed by atoms with Crippen LogP contribution in [0.4, 0.5) is 5.82 Å². The van der Waals surface area contributed by atoms with Crippen LogP contribution >= 0.6 is 0 Å². The Morgan fingerprint density at radius 2 is 2.17 bits per heavy atom. The standard InChI is InChI=1S/C15H25N3/c1-11(2)18(10-13-4-5-13)15-12(3)8-14(6-7-16)9-17-15/h8-9,11,13H,4-7,10,16H2,1-3H3. The van der Waals surface area contributed by atoms with Crippen molar-refractivity contribution in [2.45, 2.75) is 46.1 Å². The number of nitrogens with zero attached hydrogens (tertiary/aromatic N) is 2. The second-order valence-corrected chi connectivity index (χ2v) is 5.71. The zero-order valence-corrected chi connectivity index (χ0v) is 11.8. The van der Waals surface area contributed by atoms with Crippen molar-refractivity contribution in [1.29, 1.82) is 0 Å². The third kappa shape index (κ3) is 3.22. The minimum Gasteiger partial charge on any atom is -0.354 e. The van der Waals surface area contributed by atoms with E-state index < -0.39 is 0 Å². The summed E-state index contributed by atoms with van der Waals surface area (Å²) < 4.78 is 0. The van der Waals surface area contributed by atoms with E-state index in [1.807, 2.05) is 6.20 Å². The second kappa shape index (κ2) is 5.70. The van der Waals surface area contributed by atoms with E-state index in [9.17, 15) is 0 Å². The lowest BCUT2D eigenvalue weighted by Gasteiger charge is -2.29. The number of aromatic nitrogens is 1. The van der Waals surface area contributed by atoms with E-state index >= 15 is 0 Å². The molecule has 3 nitrogen and oxygen atoms in total. The summed E-state index contributed by atoms with van der Waals surface area (Å²) in [5.74, 6) is 2.04. The van der Waals surface area contributed by atoms with Crippen LogP contribution in [0.2, 0.25) is 0 Å². The van der Waals surface area contributed by atoms with Crippen LogP contribution < -0.4 is 10.6 Å². The summed E-state index contributed by atoms with van der Waals surface area (Å²) in [7, 11) is 0. The van der Waals surface area contributed by atoms with E-state index in [0.29, 0.717) is 12.6 Å². The summed E-state index contributed by atoms with van der Waals surface area (Å²) in [5, 5.41) is 0. The smallest absolute Gasteiger partial charge is 0.131 e. The molecule has 1 fully saturated rings. The molecule has 0 radical (unpaired) electrons. The van der Waals surface area contributed by atoms with Crippen molar-refractivity contribution in [3.63, 3.8) is 0 Å². The van der Waals surface area contributed by atoms with Gasteiger partial charge in [-0.1, -0.05) is 6.07 Å². The number of hydrogen-bond acceptors (Lipinski definition) is 3. The highest BCUT2D eigenvalue weighted by atomic mass is 15.2. The summed E-state index contributed by atoms with van der Waals surface area (Å²) in [6, 6.07) is 2.74. The first-order valence-corrected chi connectivity index (χ1v) is 7.04. The number of pyridine rings is 1. The zero-order chi connectivity index (χ0) is 13.1. The lowest BCUT2D eigenvalue weighted by molar-refractivity contribution is 0.634. The fourth-order valence-corrected chi connectivity index (χ4v) is 2.35. The molecule has 18 heavy (non-hydrogen) atoms. The fraction of sp³-hybridized carbons (Fsp3) is 0.667. The van der Waals surface area contributed by atoms with Gasteiger partial charge in [-0.2, -0.15) is 0 Å². The zero-order valence-electron chi connectivity index (χ0n) is 11.8. The third-order valence-electron chi connectivity index (χ3n) is 3.59. The average molecular weight is 247 g/mol. The van der Waals surface area contributed by atoms with E-state index in [-0.39, 0.29) is 0 Å². The summed E-state index contributed by atoms with van der Waals surface area (Å²) in [6.45, 7) is 8.50. The Kier molecular flexibility index (Phi) is 4.23. The Bertz CT molecular complexity index is 397. The molecular weight excluding hydrogens is 222 g/mol. The summed E-state index contributed by atoms with van der Waals surface area (Å²) >= 11 is 0. The highest BCUT2D eigenvalue weighted by Crippen LogP contribution is 2.32. The minimum absolute atomic E-state index is 0.511. The SMILES string of the molecule is Cc1cc(CCN)cnc1N(CC1CC1)C(C)C. The normalized spacial score (nSPS) is 15.2. The molecule has 0 aromatic carbocycles. The highest BCUT2D eigenvalue weighted by Gasteiger charge is 2.26. The van der Waals surface area contributed by atoms with E-state index in [1.54, 1.807) is 0 Å². The molecule has 1 heterocycles. The largest absolute Gasteiger partial charge is 0.354 e. The van der Waals surface area contributed by atoms with Crippen LogP contribution in [0, 0.1) is 12.8 Å². The summed E-state index contributed by atoms with van der Waals surface area (Å²) in [6.07, 6.45) is 5.66. The van der Waals surface area contributed by atoms with Crippen molar-refractivity contribution in [2.24, 2.45) is 11.7 Å². The Hall–Kier alpha value is -1.09. The van der Waals surface area contributed by atoms with Gasteiger partial charge in [-0.15, -0.1) is 0 Å². The van der Waals surface area contributed by atoms with Crippen molar-refractivity contribution in [2.75, 3.05) is 18.0 Å². The Balaban J connectivity index is 2.17. The van der Waals surface area contributed by atoms with Gasteiger partial charge in [-0.05, 0) is 63.6 Å². The number of hydrogen-bond donors (Lipinski definition) is 1. The molecule has 1 aromatic heterocycles. The van der Waals surface area contributed by atoms with Crippen molar-refractivity contribution in [1.82, 2.24) is 4.98 Å². The predicted molar refractivity (Wildman–Crippen MR) is 76.9 cm³/mol. The van der Waals surface area contributed by atoms with E-state index in [4.69, 9.17) is 5.73 Å². The van der Waals surface area contributed by atoms with E-state index in [1.165, 1.54) is 24.0 Å². The van der Waals surface area contributed by atoms with Crippen LogP contribution in [0.3, 0.4) is 0 Å². The molecule has 0 aliphatic heterocycles. The van der Waals surface area contributed by atoms with Crippen molar-refractivity contribution in [3.05, 3.63) is 23.4 Å². The van der Waals surface area contributed by atoms with Crippen LogP contribution in [-0.4, -0.2) is 24.1 Å². The first kappa shape index (κ1) is 13.3.